The van der Waals surface area contributed by atoms with Gasteiger partial charge in [0.05, 0.1) is 13.2 Å². The molecule has 5 rings (SSSR count). The third-order valence-corrected chi connectivity index (χ3v) is 6.59. The molecule has 170 valence electrons. The Labute approximate surface area is 196 Å². The number of morpholine rings is 1. The Balaban J connectivity index is 1.41. The van der Waals surface area contributed by atoms with Crippen LogP contribution in [0.1, 0.15) is 43.7 Å². The number of nitrogens with zero attached hydrogens (tertiary/aromatic N) is 2. The van der Waals surface area contributed by atoms with Gasteiger partial charge in [0.1, 0.15) is 5.65 Å². The van der Waals surface area contributed by atoms with Gasteiger partial charge < -0.3 is 9.72 Å². The standard InChI is InChI=1S/C29H33N3O/c1-2-3-4-5-6-7-24-14-15-30-29-28(24)26-20-25(12-13-27(26)31-29)23-10-8-22(9-11-23)21-32-16-18-33-19-17-32/h6-15,20H,2-5,16-19,21H2,1H3,(H,30,31)/b7-6+. The van der Waals surface area contributed by atoms with E-state index in [2.05, 4.69) is 82.5 Å². The first-order chi connectivity index (χ1) is 16.3. The smallest absolute Gasteiger partial charge is 0.138 e. The topological polar surface area (TPSA) is 41.2 Å². The number of aromatic amines is 1. The summed E-state index contributed by atoms with van der Waals surface area (Å²) in [6.45, 7) is 6.95. The molecule has 2 aromatic heterocycles. The third kappa shape index (κ3) is 5.02. The first-order valence-corrected chi connectivity index (χ1v) is 12.3. The highest BCUT2D eigenvalue weighted by Crippen LogP contribution is 2.32. The number of H-pyrrole nitrogens is 1. The van der Waals surface area contributed by atoms with Crippen molar-refractivity contribution in [1.29, 1.82) is 0 Å². The molecule has 0 spiro atoms. The number of ether oxygens (including phenoxy) is 1. The predicted octanol–water partition coefficient (Wildman–Crippen LogP) is 6.81. The van der Waals surface area contributed by atoms with Crippen molar-refractivity contribution in [2.45, 2.75) is 39.2 Å². The lowest BCUT2D eigenvalue weighted by Gasteiger charge is -2.26. The number of rotatable bonds is 8. The number of unbranched alkanes of at least 4 members (excludes halogenated alkanes) is 3. The maximum atomic E-state index is 5.47. The van der Waals surface area contributed by atoms with Crippen LogP contribution >= 0.6 is 0 Å². The number of allylic oxidation sites excluding steroid dienone is 1. The fourth-order valence-electron chi connectivity index (χ4n) is 4.70. The van der Waals surface area contributed by atoms with E-state index in [1.165, 1.54) is 52.3 Å². The van der Waals surface area contributed by atoms with Crippen LogP contribution in [0.3, 0.4) is 0 Å². The second kappa shape index (κ2) is 10.3. The summed E-state index contributed by atoms with van der Waals surface area (Å²) >= 11 is 0. The molecule has 0 aliphatic carbocycles. The minimum atomic E-state index is 0.841. The Morgan fingerprint density at radius 1 is 1.00 bits per heavy atom. The first-order valence-electron chi connectivity index (χ1n) is 12.3. The normalized spacial score (nSPS) is 15.2. The van der Waals surface area contributed by atoms with Crippen molar-refractivity contribution in [2.24, 2.45) is 0 Å². The molecule has 0 saturated carbocycles. The SMILES string of the molecule is CCCCC/C=C/c1ccnc2[nH]c3ccc(-c4ccc(CN5CCOCC5)cc4)cc3c12. The van der Waals surface area contributed by atoms with Crippen molar-refractivity contribution in [1.82, 2.24) is 14.9 Å². The molecule has 1 saturated heterocycles. The number of aromatic nitrogens is 2. The van der Waals surface area contributed by atoms with Gasteiger partial charge in [-0.25, -0.2) is 4.98 Å². The number of hydrogen-bond acceptors (Lipinski definition) is 3. The second-order valence-corrected chi connectivity index (χ2v) is 8.99. The lowest BCUT2D eigenvalue weighted by Crippen LogP contribution is -2.35. The molecule has 1 N–H and O–H groups in total. The van der Waals surface area contributed by atoms with Crippen molar-refractivity contribution in [3.05, 3.63) is 71.9 Å². The van der Waals surface area contributed by atoms with E-state index in [-0.39, 0.29) is 0 Å². The van der Waals surface area contributed by atoms with E-state index in [9.17, 15) is 0 Å². The number of nitrogens with one attached hydrogen (secondary N) is 1. The molecule has 0 bridgehead atoms. The average molecular weight is 440 g/mol. The highest BCUT2D eigenvalue weighted by molar-refractivity contribution is 6.10. The molecule has 0 unspecified atom stereocenters. The molecule has 4 aromatic rings. The zero-order valence-corrected chi connectivity index (χ0v) is 19.5. The van der Waals surface area contributed by atoms with Crippen molar-refractivity contribution in [3.63, 3.8) is 0 Å². The average Bonchev–Trinajstić information content (AvgIpc) is 3.24. The summed E-state index contributed by atoms with van der Waals surface area (Å²) in [6, 6.07) is 17.8. The maximum absolute atomic E-state index is 5.47. The molecule has 33 heavy (non-hydrogen) atoms. The Morgan fingerprint density at radius 3 is 2.64 bits per heavy atom. The van der Waals surface area contributed by atoms with Crippen LogP contribution in [0.2, 0.25) is 0 Å². The fourth-order valence-corrected chi connectivity index (χ4v) is 4.70. The van der Waals surface area contributed by atoms with E-state index in [4.69, 9.17) is 4.74 Å². The van der Waals surface area contributed by atoms with Crippen molar-refractivity contribution >= 4 is 28.0 Å². The van der Waals surface area contributed by atoms with Crippen LogP contribution in [-0.4, -0.2) is 41.2 Å². The summed E-state index contributed by atoms with van der Waals surface area (Å²) in [4.78, 5) is 10.6. The Kier molecular flexibility index (Phi) is 6.84. The molecule has 0 radical (unpaired) electrons. The van der Waals surface area contributed by atoms with E-state index < -0.39 is 0 Å². The Hall–Kier alpha value is -2.95. The summed E-state index contributed by atoms with van der Waals surface area (Å²) in [5.74, 6) is 0. The first kappa shape index (κ1) is 21.9. The van der Waals surface area contributed by atoms with Gasteiger partial charge in [0.25, 0.3) is 0 Å². The summed E-state index contributed by atoms with van der Waals surface area (Å²) in [5, 5.41) is 2.45. The molecule has 4 heteroatoms. The summed E-state index contributed by atoms with van der Waals surface area (Å²) < 4.78 is 5.47. The largest absolute Gasteiger partial charge is 0.379 e. The highest BCUT2D eigenvalue weighted by atomic mass is 16.5. The minimum absolute atomic E-state index is 0.841. The summed E-state index contributed by atoms with van der Waals surface area (Å²) in [6.07, 6.45) is 11.4. The quantitative estimate of drug-likeness (QED) is 0.307. The summed E-state index contributed by atoms with van der Waals surface area (Å²) in [7, 11) is 0. The van der Waals surface area contributed by atoms with Crippen LogP contribution in [0.5, 0.6) is 0 Å². The van der Waals surface area contributed by atoms with E-state index in [1.54, 1.807) is 0 Å². The molecule has 1 aliphatic heterocycles. The minimum Gasteiger partial charge on any atom is -0.379 e. The van der Waals surface area contributed by atoms with Crippen LogP contribution in [-0.2, 0) is 11.3 Å². The van der Waals surface area contributed by atoms with E-state index in [0.29, 0.717) is 0 Å². The van der Waals surface area contributed by atoms with E-state index in [1.807, 2.05) is 6.20 Å². The lowest BCUT2D eigenvalue weighted by atomic mass is 10.0. The zero-order valence-electron chi connectivity index (χ0n) is 19.5. The van der Waals surface area contributed by atoms with Crippen LogP contribution < -0.4 is 0 Å². The molecule has 0 amide bonds. The van der Waals surface area contributed by atoms with Gasteiger partial charge >= 0.3 is 0 Å². The Bertz CT molecular complexity index is 1230. The molecule has 4 nitrogen and oxygen atoms in total. The molecule has 1 aliphatic rings. The predicted molar refractivity (Wildman–Crippen MR) is 138 cm³/mol. The second-order valence-electron chi connectivity index (χ2n) is 8.99. The monoisotopic (exact) mass is 439 g/mol. The van der Waals surface area contributed by atoms with Gasteiger partial charge in [0, 0.05) is 42.1 Å². The zero-order chi connectivity index (χ0) is 22.5. The molecule has 3 heterocycles. The van der Waals surface area contributed by atoms with Crippen LogP contribution in [0.25, 0.3) is 39.1 Å². The van der Waals surface area contributed by atoms with Gasteiger partial charge in [-0.1, -0.05) is 62.2 Å². The summed E-state index contributed by atoms with van der Waals surface area (Å²) in [5.41, 5.74) is 7.17. The molecule has 2 aromatic carbocycles. The van der Waals surface area contributed by atoms with Crippen molar-refractivity contribution in [2.75, 3.05) is 26.3 Å². The number of benzene rings is 2. The van der Waals surface area contributed by atoms with Crippen molar-refractivity contribution < 1.29 is 4.74 Å². The van der Waals surface area contributed by atoms with Crippen LogP contribution in [0.4, 0.5) is 0 Å². The number of pyridine rings is 1. The van der Waals surface area contributed by atoms with E-state index in [0.717, 1.165) is 50.4 Å². The van der Waals surface area contributed by atoms with Crippen LogP contribution in [0.15, 0.2) is 60.8 Å². The number of hydrogen-bond donors (Lipinski definition) is 1. The molecule has 1 fully saturated rings. The lowest BCUT2D eigenvalue weighted by molar-refractivity contribution is 0.0342. The maximum Gasteiger partial charge on any atom is 0.138 e. The van der Waals surface area contributed by atoms with Gasteiger partial charge in [0.15, 0.2) is 0 Å². The van der Waals surface area contributed by atoms with Gasteiger partial charge in [-0.15, -0.1) is 0 Å². The van der Waals surface area contributed by atoms with Gasteiger partial charge in [-0.3, -0.25) is 4.90 Å². The van der Waals surface area contributed by atoms with Gasteiger partial charge in [-0.2, -0.15) is 0 Å². The van der Waals surface area contributed by atoms with Gasteiger partial charge in [0.2, 0.25) is 0 Å². The number of fused-ring (bicyclic) bond motifs is 3. The third-order valence-electron chi connectivity index (χ3n) is 6.59. The Morgan fingerprint density at radius 2 is 1.82 bits per heavy atom. The molecular formula is C29H33N3O. The van der Waals surface area contributed by atoms with Crippen LogP contribution in [0, 0.1) is 0 Å². The van der Waals surface area contributed by atoms with Gasteiger partial charge in [-0.05, 0) is 53.3 Å². The fraction of sp³-hybridized carbons (Fsp3) is 0.345. The highest BCUT2D eigenvalue weighted by Gasteiger charge is 2.12. The van der Waals surface area contributed by atoms with Crippen molar-refractivity contribution in [3.8, 4) is 11.1 Å². The molecule has 0 atom stereocenters. The van der Waals surface area contributed by atoms with E-state index >= 15 is 0 Å². The molecular weight excluding hydrogens is 406 g/mol.